The molecule has 0 aromatic heterocycles. The molecule has 0 fully saturated rings. The predicted molar refractivity (Wildman–Crippen MR) is 128 cm³/mol. The van der Waals surface area contributed by atoms with Crippen LogP contribution >= 0.6 is 7.92 Å². The minimum absolute atomic E-state index is 0. The Morgan fingerprint density at radius 2 is 1.32 bits per heavy atom. The fourth-order valence-corrected chi connectivity index (χ4v) is 4.44. The van der Waals surface area contributed by atoms with Crippen molar-refractivity contribution in [3.63, 3.8) is 0 Å². The van der Waals surface area contributed by atoms with Crippen LogP contribution in [0.5, 0.6) is 0 Å². The molecule has 31 heavy (non-hydrogen) atoms. The van der Waals surface area contributed by atoms with Gasteiger partial charge in [-0.15, -0.1) is 82.8 Å². The number of fused-ring (bicyclic) bond motifs is 2. The molecule has 0 saturated heterocycles. The van der Waals surface area contributed by atoms with E-state index in [0.29, 0.717) is 0 Å². The van der Waals surface area contributed by atoms with Crippen molar-refractivity contribution in [2.45, 2.75) is 6.92 Å². The molecule has 0 amide bonds. The van der Waals surface area contributed by atoms with Crippen molar-refractivity contribution < 1.29 is 35.6 Å². The maximum absolute atomic E-state index is 2.31. The molecule has 0 saturated carbocycles. The first-order valence-corrected chi connectivity index (χ1v) is 11.9. The maximum Gasteiger partial charge on any atom is 4.00 e. The summed E-state index contributed by atoms with van der Waals surface area (Å²) in [5.41, 5.74) is 3.95. The SMILES string of the molecule is CP(C)c1cc2ccccc2[cH-]1.Cc1cc2c(-c3ccccc3)cccc2[cH-]1.[F-].[F-].[Zr+4]. The van der Waals surface area contributed by atoms with Gasteiger partial charge < -0.3 is 9.41 Å². The van der Waals surface area contributed by atoms with E-state index < -0.39 is 0 Å². The second-order valence-electron chi connectivity index (χ2n) is 7.44. The van der Waals surface area contributed by atoms with Crippen molar-refractivity contribution >= 4 is 34.8 Å². The molecule has 156 valence electrons. The van der Waals surface area contributed by atoms with Gasteiger partial charge in [-0.1, -0.05) is 55.0 Å². The fourth-order valence-electron chi connectivity index (χ4n) is 3.65. The third-order valence-corrected chi connectivity index (χ3v) is 6.39. The van der Waals surface area contributed by atoms with E-state index >= 15 is 0 Å². The van der Waals surface area contributed by atoms with E-state index in [9.17, 15) is 0 Å². The van der Waals surface area contributed by atoms with E-state index in [-0.39, 0.29) is 43.5 Å². The van der Waals surface area contributed by atoms with Gasteiger partial charge >= 0.3 is 26.2 Å². The second-order valence-corrected chi connectivity index (χ2v) is 9.75. The Morgan fingerprint density at radius 3 is 2.00 bits per heavy atom. The minimum atomic E-state index is 0. The van der Waals surface area contributed by atoms with Gasteiger partial charge in [-0.05, 0) is 18.9 Å². The Hall–Kier alpha value is -1.95. The first kappa shape index (κ1) is 27.1. The summed E-state index contributed by atoms with van der Waals surface area (Å²) in [6.07, 6.45) is 0. The Labute approximate surface area is 203 Å². The van der Waals surface area contributed by atoms with Crippen molar-refractivity contribution in [2.24, 2.45) is 0 Å². The first-order chi connectivity index (χ1) is 13.6. The molecular formula is C27H25F2PZr. The van der Waals surface area contributed by atoms with Gasteiger partial charge in [0.1, 0.15) is 0 Å². The molecule has 0 aliphatic rings. The quantitative estimate of drug-likeness (QED) is 0.250. The molecule has 4 heteroatoms. The van der Waals surface area contributed by atoms with Crippen molar-refractivity contribution in [3.05, 3.63) is 103 Å². The van der Waals surface area contributed by atoms with Gasteiger partial charge in [0.15, 0.2) is 0 Å². The number of aryl methyl sites for hydroxylation is 1. The van der Waals surface area contributed by atoms with Crippen LogP contribution in [0.1, 0.15) is 5.56 Å². The Balaban J connectivity index is 0.000000292. The van der Waals surface area contributed by atoms with E-state index in [1.165, 1.54) is 43.5 Å². The Morgan fingerprint density at radius 1 is 0.677 bits per heavy atom. The Kier molecular flexibility index (Phi) is 10.6. The van der Waals surface area contributed by atoms with E-state index in [1.54, 1.807) is 0 Å². The van der Waals surface area contributed by atoms with Gasteiger partial charge in [0, 0.05) is 0 Å². The third-order valence-electron chi connectivity index (χ3n) is 5.10. The van der Waals surface area contributed by atoms with Crippen molar-refractivity contribution in [2.75, 3.05) is 13.3 Å². The normalized spacial score (nSPS) is 9.94. The molecule has 0 bridgehead atoms. The summed E-state index contributed by atoms with van der Waals surface area (Å²) in [4.78, 5) is 0. The third kappa shape index (κ3) is 6.28. The van der Waals surface area contributed by atoms with E-state index in [4.69, 9.17) is 0 Å². The van der Waals surface area contributed by atoms with E-state index in [1.807, 2.05) is 0 Å². The first-order valence-electron chi connectivity index (χ1n) is 9.66. The smallest absolute Gasteiger partial charge is 1.00 e. The van der Waals surface area contributed by atoms with Crippen molar-refractivity contribution in [1.82, 2.24) is 0 Å². The summed E-state index contributed by atoms with van der Waals surface area (Å²) in [6, 6.07) is 34.7. The molecule has 5 aromatic carbocycles. The zero-order chi connectivity index (χ0) is 19.5. The fraction of sp³-hybridized carbons (Fsp3) is 0.111. The molecule has 0 radical (unpaired) electrons. The average Bonchev–Trinajstić information content (AvgIpc) is 3.31. The molecular weight excluding hydrogens is 484 g/mol. The van der Waals surface area contributed by atoms with Crippen LogP contribution in [0.2, 0.25) is 0 Å². The monoisotopic (exact) mass is 508 g/mol. The molecule has 0 atom stereocenters. The zero-order valence-electron chi connectivity index (χ0n) is 17.9. The minimum Gasteiger partial charge on any atom is -1.00 e. The standard InChI is InChI=1S/C16H13.C11H12P.2FH.Zr/c1-12-10-14-8-5-9-15(16(14)11-12)13-6-3-2-4-7-13;1-12(2)11-7-9-5-3-4-6-10(9)8-11;;;/h2-11H,1H3;3-8H,1-2H3;2*1H;/q2*-1;;;+4/p-2. The summed E-state index contributed by atoms with van der Waals surface area (Å²) in [5, 5.41) is 6.95. The molecule has 0 spiro atoms. The number of hydrogen-bond acceptors (Lipinski definition) is 0. The van der Waals surface area contributed by atoms with Gasteiger partial charge in [0.2, 0.25) is 0 Å². The van der Waals surface area contributed by atoms with Gasteiger partial charge in [-0.2, -0.15) is 12.1 Å². The predicted octanol–water partition coefficient (Wildman–Crippen LogP) is 1.47. The second kappa shape index (κ2) is 12.2. The van der Waals surface area contributed by atoms with Crippen LogP contribution in [-0.4, -0.2) is 13.3 Å². The number of hydrogen-bond donors (Lipinski definition) is 0. The summed E-state index contributed by atoms with van der Waals surface area (Å²) >= 11 is 0. The largest absolute Gasteiger partial charge is 4.00 e. The van der Waals surface area contributed by atoms with Gasteiger partial charge in [-0.3, -0.25) is 0 Å². The molecule has 0 nitrogen and oxygen atoms in total. The van der Waals surface area contributed by atoms with Crippen LogP contribution in [0.15, 0.2) is 97.1 Å². The van der Waals surface area contributed by atoms with Gasteiger partial charge in [0.25, 0.3) is 0 Å². The van der Waals surface area contributed by atoms with Crippen LogP contribution in [0, 0.1) is 6.92 Å². The topological polar surface area (TPSA) is 0 Å². The average molecular weight is 510 g/mol. The van der Waals surface area contributed by atoms with Crippen molar-refractivity contribution in [1.29, 1.82) is 0 Å². The maximum atomic E-state index is 2.31. The van der Waals surface area contributed by atoms with Crippen molar-refractivity contribution in [3.8, 4) is 11.1 Å². The molecule has 0 heterocycles. The number of benzene rings is 3. The molecule has 0 aliphatic carbocycles. The molecule has 5 aromatic rings. The van der Waals surface area contributed by atoms with Crippen LogP contribution in [0.25, 0.3) is 32.7 Å². The van der Waals surface area contributed by atoms with Crippen LogP contribution < -0.4 is 14.7 Å². The number of halogens is 2. The van der Waals surface area contributed by atoms with E-state index in [0.717, 1.165) is 0 Å². The van der Waals surface area contributed by atoms with Gasteiger partial charge in [-0.25, -0.2) is 0 Å². The van der Waals surface area contributed by atoms with Crippen LogP contribution in [0.3, 0.4) is 0 Å². The van der Waals surface area contributed by atoms with E-state index in [2.05, 4.69) is 117 Å². The summed E-state index contributed by atoms with van der Waals surface area (Å²) in [6.45, 7) is 6.74. The van der Waals surface area contributed by atoms with Crippen LogP contribution in [-0.2, 0) is 26.2 Å². The molecule has 0 unspecified atom stereocenters. The molecule has 0 aliphatic heterocycles. The summed E-state index contributed by atoms with van der Waals surface area (Å²) < 4.78 is 0. The summed E-state index contributed by atoms with van der Waals surface area (Å²) in [7, 11) is 0.0576. The number of rotatable bonds is 2. The molecule has 5 rings (SSSR count). The molecule has 0 N–H and O–H groups in total. The van der Waals surface area contributed by atoms with Crippen LogP contribution in [0.4, 0.5) is 0 Å². The van der Waals surface area contributed by atoms with Gasteiger partial charge in [0.05, 0.1) is 0 Å². The summed E-state index contributed by atoms with van der Waals surface area (Å²) in [5.74, 6) is 0. The zero-order valence-corrected chi connectivity index (χ0v) is 21.3. The Bertz CT molecular complexity index is 1170.